The third kappa shape index (κ3) is 3.32. The maximum atomic E-state index is 13.0. The monoisotopic (exact) mass is 409 g/mol. The molecule has 30 heavy (non-hydrogen) atoms. The van der Waals surface area contributed by atoms with E-state index in [4.69, 9.17) is 0 Å². The highest BCUT2D eigenvalue weighted by Gasteiger charge is 2.23. The molecule has 2 aromatic carbocycles. The van der Waals surface area contributed by atoms with Crippen molar-refractivity contribution >= 4 is 33.9 Å². The Balaban J connectivity index is 1.49. The number of para-hydroxylation sites is 2. The SMILES string of the molecule is O=C(Nc1nc2ccccc2n1C1CCCCC1)c1ccc2nc(C(F)F)[nH]c2c1. The van der Waals surface area contributed by atoms with Crippen LogP contribution in [0.15, 0.2) is 42.5 Å². The molecule has 4 aromatic rings. The molecule has 1 fully saturated rings. The molecule has 0 unspecified atom stereocenters. The second kappa shape index (κ2) is 7.51. The Morgan fingerprint density at radius 3 is 2.67 bits per heavy atom. The molecule has 0 atom stereocenters. The first-order valence-electron chi connectivity index (χ1n) is 10.2. The zero-order valence-electron chi connectivity index (χ0n) is 16.2. The van der Waals surface area contributed by atoms with E-state index in [2.05, 4.69) is 24.8 Å². The molecule has 1 saturated carbocycles. The Bertz CT molecular complexity index is 1220. The van der Waals surface area contributed by atoms with Gasteiger partial charge in [0.1, 0.15) is 0 Å². The fourth-order valence-electron chi connectivity index (χ4n) is 4.29. The minimum Gasteiger partial charge on any atom is -0.337 e. The minimum atomic E-state index is -2.69. The summed E-state index contributed by atoms with van der Waals surface area (Å²) in [6, 6.07) is 12.8. The van der Waals surface area contributed by atoms with Crippen molar-refractivity contribution in [3.8, 4) is 0 Å². The number of carbonyl (C=O) groups excluding carboxylic acids is 1. The first-order valence-corrected chi connectivity index (χ1v) is 10.2. The number of aromatic nitrogens is 4. The lowest BCUT2D eigenvalue weighted by molar-refractivity contribution is 0.102. The second-order valence-corrected chi connectivity index (χ2v) is 7.69. The Morgan fingerprint density at radius 1 is 1.07 bits per heavy atom. The molecule has 0 aliphatic heterocycles. The summed E-state index contributed by atoms with van der Waals surface area (Å²) < 4.78 is 27.9. The highest BCUT2D eigenvalue weighted by molar-refractivity contribution is 6.05. The molecule has 1 aliphatic rings. The molecule has 0 spiro atoms. The number of nitrogens with one attached hydrogen (secondary N) is 2. The summed E-state index contributed by atoms with van der Waals surface area (Å²) in [6.07, 6.45) is 2.97. The Morgan fingerprint density at radius 2 is 1.87 bits per heavy atom. The maximum Gasteiger partial charge on any atom is 0.295 e. The highest BCUT2D eigenvalue weighted by Crippen LogP contribution is 2.34. The van der Waals surface area contributed by atoms with Crippen LogP contribution in [0.2, 0.25) is 0 Å². The van der Waals surface area contributed by atoms with Crippen LogP contribution in [0.5, 0.6) is 0 Å². The van der Waals surface area contributed by atoms with E-state index in [0.717, 1.165) is 36.7 Å². The lowest BCUT2D eigenvalue weighted by Crippen LogP contribution is -2.20. The van der Waals surface area contributed by atoms with Gasteiger partial charge in [-0.15, -0.1) is 0 Å². The summed E-state index contributed by atoms with van der Waals surface area (Å²) in [7, 11) is 0. The fraction of sp³-hybridized carbons (Fsp3) is 0.318. The highest BCUT2D eigenvalue weighted by atomic mass is 19.3. The van der Waals surface area contributed by atoms with Crippen molar-refractivity contribution in [2.24, 2.45) is 0 Å². The number of H-pyrrole nitrogens is 1. The van der Waals surface area contributed by atoms with E-state index in [1.165, 1.54) is 12.5 Å². The number of hydrogen-bond donors (Lipinski definition) is 2. The molecule has 8 heteroatoms. The predicted molar refractivity (Wildman–Crippen MR) is 111 cm³/mol. The van der Waals surface area contributed by atoms with Gasteiger partial charge in [-0.1, -0.05) is 31.4 Å². The van der Waals surface area contributed by atoms with Crippen LogP contribution in [0.4, 0.5) is 14.7 Å². The largest absolute Gasteiger partial charge is 0.337 e. The first-order chi connectivity index (χ1) is 14.6. The Hall–Kier alpha value is -3.29. The van der Waals surface area contributed by atoms with Crippen molar-refractivity contribution in [2.45, 2.75) is 44.6 Å². The van der Waals surface area contributed by atoms with Crippen molar-refractivity contribution in [3.05, 3.63) is 53.9 Å². The molecular formula is C22H21F2N5O. The van der Waals surface area contributed by atoms with E-state index in [1.807, 2.05) is 24.3 Å². The van der Waals surface area contributed by atoms with Gasteiger partial charge < -0.3 is 9.55 Å². The molecule has 5 rings (SSSR count). The molecular weight excluding hydrogens is 388 g/mol. The number of carbonyl (C=O) groups is 1. The lowest BCUT2D eigenvalue weighted by atomic mass is 9.95. The van der Waals surface area contributed by atoms with E-state index in [0.29, 0.717) is 28.6 Å². The molecule has 6 nitrogen and oxygen atoms in total. The zero-order valence-corrected chi connectivity index (χ0v) is 16.2. The molecule has 1 aliphatic carbocycles. The van der Waals surface area contributed by atoms with Gasteiger partial charge in [0.05, 0.1) is 22.1 Å². The number of hydrogen-bond acceptors (Lipinski definition) is 3. The van der Waals surface area contributed by atoms with E-state index in [-0.39, 0.29) is 5.91 Å². The van der Waals surface area contributed by atoms with Crippen molar-refractivity contribution in [2.75, 3.05) is 5.32 Å². The second-order valence-electron chi connectivity index (χ2n) is 7.69. The number of fused-ring (bicyclic) bond motifs is 2. The van der Waals surface area contributed by atoms with Crippen LogP contribution in [-0.4, -0.2) is 25.4 Å². The van der Waals surface area contributed by atoms with Crippen LogP contribution < -0.4 is 5.32 Å². The molecule has 0 radical (unpaired) electrons. The number of halogens is 2. The summed E-state index contributed by atoms with van der Waals surface area (Å²) >= 11 is 0. The van der Waals surface area contributed by atoms with Crippen LogP contribution in [0, 0.1) is 0 Å². The zero-order chi connectivity index (χ0) is 20.7. The van der Waals surface area contributed by atoms with Gasteiger partial charge in [0.15, 0.2) is 5.82 Å². The number of alkyl halides is 2. The lowest BCUT2D eigenvalue weighted by Gasteiger charge is -2.25. The van der Waals surface area contributed by atoms with Crippen LogP contribution >= 0.6 is 0 Å². The maximum absolute atomic E-state index is 13.0. The average Bonchev–Trinajstić information content (AvgIpc) is 3.35. The molecule has 2 aromatic heterocycles. The molecule has 0 saturated heterocycles. The van der Waals surface area contributed by atoms with Crippen molar-refractivity contribution < 1.29 is 13.6 Å². The number of amides is 1. The number of rotatable bonds is 4. The van der Waals surface area contributed by atoms with Gasteiger partial charge in [-0.2, -0.15) is 0 Å². The van der Waals surface area contributed by atoms with Gasteiger partial charge in [0.25, 0.3) is 12.3 Å². The molecule has 154 valence electrons. The number of nitrogens with zero attached hydrogens (tertiary/aromatic N) is 3. The van der Waals surface area contributed by atoms with Gasteiger partial charge in [-0.25, -0.2) is 18.7 Å². The van der Waals surface area contributed by atoms with Gasteiger partial charge in [0.2, 0.25) is 5.95 Å². The standard InChI is InChI=1S/C22H21F2N5O/c23-19(24)20-25-15-11-10-13(12-17(15)26-20)21(30)28-22-27-16-8-4-5-9-18(16)29(22)14-6-2-1-3-7-14/h4-5,8-12,14,19H,1-3,6-7H2,(H,25,26)(H,27,28,30). The number of benzene rings is 2. The topological polar surface area (TPSA) is 75.6 Å². The minimum absolute atomic E-state index is 0.296. The average molecular weight is 409 g/mol. The van der Waals surface area contributed by atoms with Gasteiger partial charge in [0, 0.05) is 11.6 Å². The Kier molecular flexibility index (Phi) is 4.69. The smallest absolute Gasteiger partial charge is 0.295 e. The third-order valence-corrected chi connectivity index (χ3v) is 5.73. The normalized spacial score (nSPS) is 15.3. The molecule has 2 N–H and O–H groups in total. The van der Waals surface area contributed by atoms with Crippen molar-refractivity contribution in [1.82, 2.24) is 19.5 Å². The fourth-order valence-corrected chi connectivity index (χ4v) is 4.29. The summed E-state index contributed by atoms with van der Waals surface area (Å²) in [6.45, 7) is 0. The third-order valence-electron chi connectivity index (χ3n) is 5.73. The van der Waals surface area contributed by atoms with E-state index >= 15 is 0 Å². The van der Waals surface area contributed by atoms with Gasteiger partial charge >= 0.3 is 0 Å². The Labute approximate surface area is 171 Å². The van der Waals surface area contributed by atoms with Crippen LogP contribution in [0.25, 0.3) is 22.1 Å². The van der Waals surface area contributed by atoms with Crippen molar-refractivity contribution in [3.63, 3.8) is 0 Å². The van der Waals surface area contributed by atoms with Crippen molar-refractivity contribution in [1.29, 1.82) is 0 Å². The number of imidazole rings is 2. The van der Waals surface area contributed by atoms with Gasteiger partial charge in [-0.05, 0) is 43.2 Å². The molecule has 1 amide bonds. The summed E-state index contributed by atoms with van der Waals surface area (Å²) in [5, 5.41) is 2.94. The quantitative estimate of drug-likeness (QED) is 0.460. The first kappa shape index (κ1) is 18.7. The summed E-state index contributed by atoms with van der Waals surface area (Å²) in [5.41, 5.74) is 3.00. The summed E-state index contributed by atoms with van der Waals surface area (Å²) in [4.78, 5) is 24.0. The number of aromatic amines is 1. The molecule has 0 bridgehead atoms. The number of anilines is 1. The van der Waals surface area contributed by atoms with Gasteiger partial charge in [-0.3, -0.25) is 10.1 Å². The van der Waals surface area contributed by atoms with E-state index < -0.39 is 12.2 Å². The molecule has 2 heterocycles. The van der Waals surface area contributed by atoms with Crippen LogP contribution in [-0.2, 0) is 0 Å². The van der Waals surface area contributed by atoms with Crippen LogP contribution in [0.3, 0.4) is 0 Å². The van der Waals surface area contributed by atoms with E-state index in [9.17, 15) is 13.6 Å². The van der Waals surface area contributed by atoms with Crippen LogP contribution in [0.1, 0.15) is 60.8 Å². The van der Waals surface area contributed by atoms with E-state index in [1.54, 1.807) is 12.1 Å². The predicted octanol–water partition coefficient (Wildman–Crippen LogP) is 5.61. The summed E-state index contributed by atoms with van der Waals surface area (Å²) in [5.74, 6) is -0.217.